The average molecular weight is 401 g/mol. The van der Waals surface area contributed by atoms with Crippen molar-refractivity contribution in [1.82, 2.24) is 14.8 Å². The first-order valence-corrected chi connectivity index (χ1v) is 9.70. The van der Waals surface area contributed by atoms with Gasteiger partial charge in [-0.05, 0) is 42.5 Å². The fourth-order valence-corrected chi connectivity index (χ4v) is 3.48. The van der Waals surface area contributed by atoms with Crippen molar-refractivity contribution in [2.24, 2.45) is 0 Å². The molecule has 2 aromatic heterocycles. The number of thioether (sulfide) groups is 1. The number of amides is 1. The summed E-state index contributed by atoms with van der Waals surface area (Å²) < 4.78 is 7.34. The van der Waals surface area contributed by atoms with Gasteiger partial charge in [0.15, 0.2) is 10.9 Å². The SMILES string of the molecule is N#Cc1cccc(NC(=O)CSc2nnc(-c3ccco3)n2-c2ccccc2)c1. The first kappa shape index (κ1) is 18.5. The number of aromatic nitrogens is 3. The molecule has 7 nitrogen and oxygen atoms in total. The van der Waals surface area contributed by atoms with E-state index in [-0.39, 0.29) is 11.7 Å². The molecule has 29 heavy (non-hydrogen) atoms. The van der Waals surface area contributed by atoms with Gasteiger partial charge in [0, 0.05) is 11.4 Å². The molecule has 8 heteroatoms. The molecular weight excluding hydrogens is 386 g/mol. The number of nitriles is 1. The highest BCUT2D eigenvalue weighted by Gasteiger charge is 2.18. The van der Waals surface area contributed by atoms with Gasteiger partial charge in [-0.2, -0.15) is 5.26 Å². The van der Waals surface area contributed by atoms with Gasteiger partial charge in [0.05, 0.1) is 23.6 Å². The molecule has 0 fully saturated rings. The van der Waals surface area contributed by atoms with E-state index in [0.717, 1.165) is 5.69 Å². The molecule has 1 N–H and O–H groups in total. The molecule has 4 aromatic rings. The Balaban J connectivity index is 1.54. The summed E-state index contributed by atoms with van der Waals surface area (Å²) in [6.45, 7) is 0. The first-order chi connectivity index (χ1) is 14.2. The predicted octanol–water partition coefficient (Wildman–Crippen LogP) is 4.13. The van der Waals surface area contributed by atoms with E-state index >= 15 is 0 Å². The third-order valence-electron chi connectivity index (χ3n) is 4.00. The zero-order valence-electron chi connectivity index (χ0n) is 15.1. The van der Waals surface area contributed by atoms with Crippen LogP contribution >= 0.6 is 11.8 Å². The van der Waals surface area contributed by atoms with Crippen LogP contribution in [0.15, 0.2) is 82.6 Å². The lowest BCUT2D eigenvalue weighted by Crippen LogP contribution is -2.14. The van der Waals surface area contributed by atoms with Crippen molar-refractivity contribution < 1.29 is 9.21 Å². The van der Waals surface area contributed by atoms with Crippen molar-refractivity contribution in [3.63, 3.8) is 0 Å². The molecule has 2 heterocycles. The number of para-hydroxylation sites is 1. The smallest absolute Gasteiger partial charge is 0.234 e. The minimum absolute atomic E-state index is 0.139. The summed E-state index contributed by atoms with van der Waals surface area (Å²) in [5.74, 6) is 1.09. The Hall–Kier alpha value is -3.83. The third-order valence-corrected chi connectivity index (χ3v) is 4.93. The highest BCUT2D eigenvalue weighted by molar-refractivity contribution is 7.99. The molecule has 0 unspecified atom stereocenters. The zero-order chi connectivity index (χ0) is 20.1. The topological polar surface area (TPSA) is 96.7 Å². The second kappa shape index (κ2) is 8.46. The molecule has 0 aliphatic carbocycles. The van der Waals surface area contributed by atoms with Gasteiger partial charge in [0.25, 0.3) is 0 Å². The highest BCUT2D eigenvalue weighted by atomic mass is 32.2. The maximum Gasteiger partial charge on any atom is 0.234 e. The van der Waals surface area contributed by atoms with Crippen molar-refractivity contribution in [2.45, 2.75) is 5.16 Å². The van der Waals surface area contributed by atoms with Crippen LogP contribution in [0.3, 0.4) is 0 Å². The molecule has 0 saturated heterocycles. The molecule has 0 saturated carbocycles. The number of hydrogen-bond acceptors (Lipinski definition) is 6. The third kappa shape index (κ3) is 4.20. The standard InChI is InChI=1S/C21H15N5O2S/c22-13-15-6-4-7-16(12-15)23-19(27)14-29-21-25-24-20(18-10-5-11-28-18)26(21)17-8-2-1-3-9-17/h1-12H,14H2,(H,23,27). The molecule has 142 valence electrons. The summed E-state index contributed by atoms with van der Waals surface area (Å²) in [4.78, 5) is 12.4. The van der Waals surface area contributed by atoms with E-state index in [2.05, 4.69) is 21.6 Å². The van der Waals surface area contributed by atoms with Crippen LogP contribution < -0.4 is 5.32 Å². The number of nitrogens with one attached hydrogen (secondary N) is 1. The lowest BCUT2D eigenvalue weighted by atomic mass is 10.2. The van der Waals surface area contributed by atoms with E-state index in [0.29, 0.717) is 28.0 Å². The first-order valence-electron chi connectivity index (χ1n) is 8.72. The maximum atomic E-state index is 12.4. The molecule has 0 aliphatic heterocycles. The van der Waals surface area contributed by atoms with Gasteiger partial charge >= 0.3 is 0 Å². The quantitative estimate of drug-likeness (QED) is 0.488. The van der Waals surface area contributed by atoms with Crippen LogP contribution in [-0.4, -0.2) is 26.4 Å². The Labute approximate surface area is 171 Å². The Morgan fingerprint density at radius 3 is 2.72 bits per heavy atom. The van der Waals surface area contributed by atoms with Gasteiger partial charge in [-0.1, -0.05) is 36.0 Å². The second-order valence-corrected chi connectivity index (χ2v) is 6.93. The van der Waals surface area contributed by atoms with Crippen LogP contribution in [0.5, 0.6) is 0 Å². The summed E-state index contributed by atoms with van der Waals surface area (Å²) in [6.07, 6.45) is 1.58. The van der Waals surface area contributed by atoms with Crippen LogP contribution in [0.1, 0.15) is 5.56 Å². The van der Waals surface area contributed by atoms with Gasteiger partial charge in [-0.15, -0.1) is 10.2 Å². The largest absolute Gasteiger partial charge is 0.461 e. The van der Waals surface area contributed by atoms with E-state index in [1.54, 1.807) is 36.6 Å². The molecule has 0 bridgehead atoms. The number of carbonyl (C=O) groups is 1. The van der Waals surface area contributed by atoms with Gasteiger partial charge in [-0.3, -0.25) is 9.36 Å². The lowest BCUT2D eigenvalue weighted by Gasteiger charge is -2.09. The minimum atomic E-state index is -0.202. The van der Waals surface area contributed by atoms with Crippen molar-refractivity contribution in [1.29, 1.82) is 5.26 Å². The summed E-state index contributed by atoms with van der Waals surface area (Å²) in [7, 11) is 0. The van der Waals surface area contributed by atoms with E-state index < -0.39 is 0 Å². The number of carbonyl (C=O) groups excluding carboxylic acids is 1. The van der Waals surface area contributed by atoms with Crippen LogP contribution in [0.2, 0.25) is 0 Å². The minimum Gasteiger partial charge on any atom is -0.461 e. The molecule has 4 rings (SSSR count). The Kier molecular flexibility index (Phi) is 5.40. The molecule has 0 radical (unpaired) electrons. The summed E-state index contributed by atoms with van der Waals surface area (Å²) >= 11 is 1.27. The summed E-state index contributed by atoms with van der Waals surface area (Å²) in [5.41, 5.74) is 1.94. The van der Waals surface area contributed by atoms with Gasteiger partial charge < -0.3 is 9.73 Å². The molecule has 2 aromatic carbocycles. The Morgan fingerprint density at radius 1 is 1.10 bits per heavy atom. The summed E-state index contributed by atoms with van der Waals surface area (Å²) in [5, 5.41) is 20.8. The number of furan rings is 1. The number of hydrogen-bond donors (Lipinski definition) is 1. The lowest BCUT2D eigenvalue weighted by molar-refractivity contribution is -0.113. The summed E-state index contributed by atoms with van der Waals surface area (Å²) in [6, 6.07) is 22.1. The molecule has 1 amide bonds. The molecule has 0 aliphatic rings. The van der Waals surface area contributed by atoms with Crippen LogP contribution in [-0.2, 0) is 4.79 Å². The zero-order valence-corrected chi connectivity index (χ0v) is 16.0. The van der Waals surface area contributed by atoms with E-state index in [9.17, 15) is 4.79 Å². The molecular formula is C21H15N5O2S. The number of anilines is 1. The van der Waals surface area contributed by atoms with E-state index in [1.165, 1.54) is 11.8 Å². The second-order valence-electron chi connectivity index (χ2n) is 5.98. The van der Waals surface area contributed by atoms with Crippen LogP contribution in [0, 0.1) is 11.3 Å². The van der Waals surface area contributed by atoms with Gasteiger partial charge in [0.1, 0.15) is 0 Å². The average Bonchev–Trinajstić information content (AvgIpc) is 3.42. The fourth-order valence-electron chi connectivity index (χ4n) is 2.73. The predicted molar refractivity (Wildman–Crippen MR) is 110 cm³/mol. The Bertz CT molecular complexity index is 1160. The number of rotatable bonds is 6. The maximum absolute atomic E-state index is 12.4. The van der Waals surface area contributed by atoms with Crippen molar-refractivity contribution in [3.8, 4) is 23.3 Å². The van der Waals surface area contributed by atoms with Gasteiger partial charge in [-0.25, -0.2) is 0 Å². The van der Waals surface area contributed by atoms with E-state index in [4.69, 9.17) is 9.68 Å². The monoisotopic (exact) mass is 401 g/mol. The normalized spacial score (nSPS) is 10.4. The van der Waals surface area contributed by atoms with Crippen LogP contribution in [0.25, 0.3) is 17.3 Å². The van der Waals surface area contributed by atoms with E-state index in [1.807, 2.05) is 41.0 Å². The molecule has 0 atom stereocenters. The number of benzene rings is 2. The van der Waals surface area contributed by atoms with Gasteiger partial charge in [0.2, 0.25) is 11.7 Å². The van der Waals surface area contributed by atoms with Crippen LogP contribution in [0.4, 0.5) is 5.69 Å². The highest BCUT2D eigenvalue weighted by Crippen LogP contribution is 2.28. The molecule has 0 spiro atoms. The van der Waals surface area contributed by atoms with Crippen molar-refractivity contribution >= 4 is 23.4 Å². The van der Waals surface area contributed by atoms with Crippen molar-refractivity contribution in [2.75, 3.05) is 11.1 Å². The van der Waals surface area contributed by atoms with Crippen molar-refractivity contribution in [3.05, 3.63) is 78.6 Å². The number of nitrogens with zero attached hydrogens (tertiary/aromatic N) is 4. The fraction of sp³-hybridized carbons (Fsp3) is 0.0476. The Morgan fingerprint density at radius 2 is 1.97 bits per heavy atom.